The van der Waals surface area contributed by atoms with Gasteiger partial charge in [-0.05, 0) is 12.1 Å². The standard InChI is InChI=1S/C8H10N2O3S/c1-10(14(12)13)9-8(11)7-5-3-2-4-6-7/h2-6H,1H3,(H,9,11)(H,12,13). The number of carbonyl (C=O) groups is 1. The Kier molecular flexibility index (Phi) is 3.75. The molecule has 0 spiro atoms. The summed E-state index contributed by atoms with van der Waals surface area (Å²) in [6.07, 6.45) is 0. The Bertz CT molecular complexity index is 342. The van der Waals surface area contributed by atoms with E-state index in [0.29, 0.717) is 5.56 Å². The average molecular weight is 214 g/mol. The molecule has 1 atom stereocenters. The van der Waals surface area contributed by atoms with E-state index in [0.717, 1.165) is 4.41 Å². The molecule has 1 aromatic rings. The molecule has 14 heavy (non-hydrogen) atoms. The van der Waals surface area contributed by atoms with Gasteiger partial charge in [0.25, 0.3) is 17.2 Å². The second kappa shape index (κ2) is 4.85. The highest BCUT2D eigenvalue weighted by Gasteiger charge is 2.09. The van der Waals surface area contributed by atoms with Crippen LogP contribution in [0.1, 0.15) is 10.4 Å². The van der Waals surface area contributed by atoms with Gasteiger partial charge >= 0.3 is 0 Å². The van der Waals surface area contributed by atoms with Crippen LogP contribution in [0.3, 0.4) is 0 Å². The molecule has 0 radical (unpaired) electrons. The summed E-state index contributed by atoms with van der Waals surface area (Å²) in [6, 6.07) is 8.44. The van der Waals surface area contributed by atoms with Gasteiger partial charge in [0.15, 0.2) is 0 Å². The summed E-state index contributed by atoms with van der Waals surface area (Å²) in [5, 5.41) is 0. The van der Waals surface area contributed by atoms with Crippen molar-refractivity contribution >= 4 is 17.2 Å². The van der Waals surface area contributed by atoms with Crippen LogP contribution < -0.4 is 5.43 Å². The highest BCUT2D eigenvalue weighted by molar-refractivity contribution is 7.76. The fraction of sp³-hybridized carbons (Fsp3) is 0.125. The van der Waals surface area contributed by atoms with E-state index >= 15 is 0 Å². The van der Waals surface area contributed by atoms with Gasteiger partial charge in [0.05, 0.1) is 0 Å². The first-order valence-corrected chi connectivity index (χ1v) is 4.88. The number of amides is 1. The summed E-state index contributed by atoms with van der Waals surface area (Å²) < 4.78 is 19.9. The lowest BCUT2D eigenvalue weighted by molar-refractivity contribution is 0.0892. The van der Waals surface area contributed by atoms with Crippen LogP contribution in [-0.4, -0.2) is 26.1 Å². The van der Waals surface area contributed by atoms with E-state index in [2.05, 4.69) is 5.43 Å². The van der Waals surface area contributed by atoms with Crippen LogP contribution in [0.25, 0.3) is 0 Å². The fourth-order valence-electron chi connectivity index (χ4n) is 0.836. The zero-order chi connectivity index (χ0) is 10.6. The predicted molar refractivity (Wildman–Crippen MR) is 52.4 cm³/mol. The number of carbonyl (C=O) groups excluding carboxylic acids is 1. The molecule has 0 aliphatic carbocycles. The van der Waals surface area contributed by atoms with Crippen LogP contribution in [0.2, 0.25) is 0 Å². The molecular weight excluding hydrogens is 204 g/mol. The van der Waals surface area contributed by atoms with Gasteiger partial charge in [-0.2, -0.15) is 0 Å². The maximum atomic E-state index is 11.4. The molecule has 1 aromatic carbocycles. The Morgan fingerprint density at radius 1 is 1.43 bits per heavy atom. The van der Waals surface area contributed by atoms with Crippen molar-refractivity contribution in [3.05, 3.63) is 35.9 Å². The molecule has 0 bridgehead atoms. The molecule has 6 heteroatoms. The molecule has 0 saturated heterocycles. The lowest BCUT2D eigenvalue weighted by Gasteiger charge is -2.12. The van der Waals surface area contributed by atoms with Crippen LogP contribution in [0.5, 0.6) is 0 Å². The van der Waals surface area contributed by atoms with Gasteiger partial charge in [0, 0.05) is 12.6 Å². The molecule has 0 aliphatic rings. The number of hydrogen-bond donors (Lipinski definition) is 2. The highest BCUT2D eigenvalue weighted by Crippen LogP contribution is 1.98. The van der Waals surface area contributed by atoms with Crippen LogP contribution in [0.15, 0.2) is 30.3 Å². The first-order valence-electron chi connectivity index (χ1n) is 3.82. The molecule has 0 heterocycles. The predicted octanol–water partition coefficient (Wildman–Crippen LogP) is 0.400. The smallest absolute Gasteiger partial charge is 0.266 e. The average Bonchev–Trinajstić information content (AvgIpc) is 2.19. The summed E-state index contributed by atoms with van der Waals surface area (Å²) in [4.78, 5) is 11.4. The lowest BCUT2D eigenvalue weighted by atomic mass is 10.2. The van der Waals surface area contributed by atoms with Crippen molar-refractivity contribution in [2.45, 2.75) is 0 Å². The van der Waals surface area contributed by atoms with Crippen molar-refractivity contribution < 1.29 is 13.6 Å². The maximum Gasteiger partial charge on any atom is 0.266 e. The molecule has 1 unspecified atom stereocenters. The van der Waals surface area contributed by atoms with Crippen molar-refractivity contribution in [1.82, 2.24) is 9.84 Å². The van der Waals surface area contributed by atoms with Gasteiger partial charge in [0.2, 0.25) is 0 Å². The summed E-state index contributed by atoms with van der Waals surface area (Å²) in [5.74, 6) is -0.421. The monoisotopic (exact) mass is 214 g/mol. The quantitative estimate of drug-likeness (QED) is 0.565. The Morgan fingerprint density at radius 3 is 2.50 bits per heavy atom. The molecule has 1 rings (SSSR count). The summed E-state index contributed by atoms with van der Waals surface area (Å²) in [5.41, 5.74) is 2.67. The zero-order valence-electron chi connectivity index (χ0n) is 7.51. The molecule has 0 saturated carbocycles. The van der Waals surface area contributed by atoms with E-state index in [1.165, 1.54) is 7.05 Å². The third-order valence-electron chi connectivity index (χ3n) is 1.53. The summed E-state index contributed by atoms with van der Waals surface area (Å²) in [6.45, 7) is 0. The number of benzene rings is 1. The van der Waals surface area contributed by atoms with Gasteiger partial charge in [-0.3, -0.25) is 14.8 Å². The number of nitrogens with one attached hydrogen (secondary N) is 1. The van der Waals surface area contributed by atoms with Gasteiger partial charge in [-0.15, -0.1) is 4.41 Å². The van der Waals surface area contributed by atoms with E-state index in [4.69, 9.17) is 4.55 Å². The van der Waals surface area contributed by atoms with Gasteiger partial charge in [-0.1, -0.05) is 18.2 Å². The Hall–Kier alpha value is -1.24. The maximum absolute atomic E-state index is 11.4. The second-order valence-corrected chi connectivity index (χ2v) is 3.54. The SMILES string of the molecule is CN(NC(=O)c1ccccc1)S(=O)O. The van der Waals surface area contributed by atoms with Crippen molar-refractivity contribution in [3.63, 3.8) is 0 Å². The number of hydrazine groups is 1. The van der Waals surface area contributed by atoms with E-state index in [1.807, 2.05) is 0 Å². The highest BCUT2D eigenvalue weighted by atomic mass is 32.2. The molecular formula is C8H10N2O3S. The normalized spacial score (nSPS) is 12.5. The van der Waals surface area contributed by atoms with Gasteiger partial charge < -0.3 is 0 Å². The number of rotatable bonds is 3. The van der Waals surface area contributed by atoms with Gasteiger partial charge in [0.1, 0.15) is 0 Å². The topological polar surface area (TPSA) is 69.6 Å². The van der Waals surface area contributed by atoms with Crippen LogP contribution >= 0.6 is 0 Å². The zero-order valence-corrected chi connectivity index (χ0v) is 8.32. The second-order valence-electron chi connectivity index (χ2n) is 2.54. The van der Waals surface area contributed by atoms with Gasteiger partial charge in [-0.25, -0.2) is 4.21 Å². The van der Waals surface area contributed by atoms with Crippen molar-refractivity contribution in [3.8, 4) is 0 Å². The number of hydrogen-bond acceptors (Lipinski definition) is 2. The summed E-state index contributed by atoms with van der Waals surface area (Å²) in [7, 11) is 1.30. The minimum absolute atomic E-state index is 0.421. The minimum Gasteiger partial charge on any atom is -0.292 e. The number of nitrogens with zero attached hydrogens (tertiary/aromatic N) is 1. The third-order valence-corrected chi connectivity index (χ3v) is 2.09. The van der Waals surface area contributed by atoms with E-state index in [1.54, 1.807) is 30.3 Å². The molecule has 0 fully saturated rings. The molecule has 1 amide bonds. The van der Waals surface area contributed by atoms with Crippen molar-refractivity contribution in [2.24, 2.45) is 0 Å². The molecule has 2 N–H and O–H groups in total. The molecule has 5 nitrogen and oxygen atoms in total. The van der Waals surface area contributed by atoms with Crippen molar-refractivity contribution in [1.29, 1.82) is 0 Å². The van der Waals surface area contributed by atoms with E-state index in [9.17, 15) is 9.00 Å². The lowest BCUT2D eigenvalue weighted by Crippen LogP contribution is -2.40. The molecule has 0 aromatic heterocycles. The van der Waals surface area contributed by atoms with Crippen LogP contribution in [-0.2, 0) is 11.3 Å². The first-order chi connectivity index (χ1) is 6.61. The van der Waals surface area contributed by atoms with Crippen LogP contribution in [0, 0.1) is 0 Å². The van der Waals surface area contributed by atoms with E-state index < -0.39 is 17.2 Å². The largest absolute Gasteiger partial charge is 0.292 e. The summed E-state index contributed by atoms with van der Waals surface area (Å²) >= 11 is -2.20. The third kappa shape index (κ3) is 2.91. The Balaban J connectivity index is 2.64. The molecule has 76 valence electrons. The minimum atomic E-state index is -2.20. The van der Waals surface area contributed by atoms with Crippen LogP contribution in [0.4, 0.5) is 0 Å². The van der Waals surface area contributed by atoms with Crippen molar-refractivity contribution in [2.75, 3.05) is 7.05 Å². The first kappa shape index (κ1) is 10.8. The Labute approximate surface area is 84.1 Å². The fourth-order valence-corrected chi connectivity index (χ4v) is 0.997. The molecule has 0 aliphatic heterocycles. The Morgan fingerprint density at radius 2 is 2.00 bits per heavy atom. The van der Waals surface area contributed by atoms with E-state index in [-0.39, 0.29) is 0 Å².